The van der Waals surface area contributed by atoms with Crippen LogP contribution < -0.4 is 4.18 Å². The lowest BCUT2D eigenvalue weighted by Gasteiger charge is -2.09. The molecular weight excluding hydrogens is 259 g/mol. The second kappa shape index (κ2) is 4.75. The highest BCUT2D eigenvalue weighted by Gasteiger charge is 2.16. The summed E-state index contributed by atoms with van der Waals surface area (Å²) in [5.74, 6) is -0.897. The van der Waals surface area contributed by atoms with Crippen molar-refractivity contribution in [2.24, 2.45) is 0 Å². The molecule has 0 radical (unpaired) electrons. The fourth-order valence-electron chi connectivity index (χ4n) is 1.57. The first kappa shape index (κ1) is 12.5. The van der Waals surface area contributed by atoms with Crippen LogP contribution in [0, 0.1) is 5.82 Å². The summed E-state index contributed by atoms with van der Waals surface area (Å²) in [6.45, 7) is 0. The third kappa shape index (κ3) is 2.85. The third-order valence-electron chi connectivity index (χ3n) is 2.23. The molecule has 2 aromatic rings. The van der Waals surface area contributed by atoms with Crippen molar-refractivity contribution < 1.29 is 21.5 Å². The number of rotatable bonds is 3. The fraction of sp³-hybridized carbons (Fsp3) is 0. The highest BCUT2D eigenvalue weighted by atomic mass is 32.3. The minimum atomic E-state index is -4.69. The van der Waals surface area contributed by atoms with Crippen LogP contribution in [0.15, 0.2) is 48.5 Å². The molecule has 0 fully saturated rings. The van der Waals surface area contributed by atoms with Crippen LogP contribution in [0.1, 0.15) is 0 Å². The molecule has 4 nitrogen and oxygen atoms in total. The highest BCUT2D eigenvalue weighted by molar-refractivity contribution is 7.81. The molecule has 0 saturated heterocycles. The molecule has 0 spiro atoms. The number of benzene rings is 2. The number of hydrogen-bond donors (Lipinski definition) is 1. The van der Waals surface area contributed by atoms with Crippen molar-refractivity contribution in [1.29, 1.82) is 0 Å². The smallest absolute Gasteiger partial charge is 0.361 e. The topological polar surface area (TPSA) is 63.6 Å². The molecule has 0 saturated carbocycles. The van der Waals surface area contributed by atoms with Gasteiger partial charge in [0.05, 0.1) is 5.56 Å². The molecule has 1 N–H and O–H groups in total. The van der Waals surface area contributed by atoms with Gasteiger partial charge in [0.25, 0.3) is 0 Å². The Morgan fingerprint density at radius 3 is 2.28 bits per heavy atom. The van der Waals surface area contributed by atoms with Gasteiger partial charge in [0.1, 0.15) is 5.82 Å². The van der Waals surface area contributed by atoms with E-state index in [4.69, 9.17) is 4.55 Å². The van der Waals surface area contributed by atoms with Gasteiger partial charge in [-0.3, -0.25) is 4.55 Å². The van der Waals surface area contributed by atoms with E-state index < -0.39 is 16.2 Å². The van der Waals surface area contributed by atoms with Crippen molar-refractivity contribution in [3.63, 3.8) is 0 Å². The number of hydrogen-bond acceptors (Lipinski definition) is 3. The molecule has 0 aliphatic carbocycles. The second-order valence-corrected chi connectivity index (χ2v) is 4.51. The lowest BCUT2D eigenvalue weighted by Crippen LogP contribution is -2.08. The lowest BCUT2D eigenvalue weighted by atomic mass is 10.0. The van der Waals surface area contributed by atoms with Gasteiger partial charge in [-0.2, -0.15) is 8.42 Å². The Morgan fingerprint density at radius 2 is 1.67 bits per heavy atom. The van der Waals surface area contributed by atoms with Crippen molar-refractivity contribution in [2.45, 2.75) is 0 Å². The van der Waals surface area contributed by atoms with Gasteiger partial charge in [-0.25, -0.2) is 4.39 Å². The zero-order chi connectivity index (χ0) is 13.2. The maximum absolute atomic E-state index is 13.8. The van der Waals surface area contributed by atoms with E-state index in [1.807, 2.05) is 0 Å². The molecule has 94 valence electrons. The molecule has 0 aliphatic heterocycles. The van der Waals surface area contributed by atoms with Crippen LogP contribution >= 0.6 is 0 Å². The maximum atomic E-state index is 13.8. The molecule has 2 rings (SSSR count). The molecule has 0 aromatic heterocycles. The largest absolute Gasteiger partial charge is 0.446 e. The van der Waals surface area contributed by atoms with Gasteiger partial charge >= 0.3 is 10.4 Å². The Balaban J connectivity index is 2.59. The molecule has 18 heavy (non-hydrogen) atoms. The van der Waals surface area contributed by atoms with E-state index in [1.165, 1.54) is 18.2 Å². The van der Waals surface area contributed by atoms with Crippen LogP contribution in [-0.4, -0.2) is 13.0 Å². The van der Waals surface area contributed by atoms with Crippen LogP contribution in [0.25, 0.3) is 11.1 Å². The van der Waals surface area contributed by atoms with E-state index in [2.05, 4.69) is 4.18 Å². The van der Waals surface area contributed by atoms with Crippen molar-refractivity contribution >= 4 is 10.4 Å². The zero-order valence-corrected chi connectivity index (χ0v) is 9.89. The molecular formula is C12H9FO4S. The Hall–Kier alpha value is -1.92. The molecule has 0 heterocycles. The van der Waals surface area contributed by atoms with Crippen molar-refractivity contribution in [3.8, 4) is 16.9 Å². The predicted molar refractivity (Wildman–Crippen MR) is 64.0 cm³/mol. The molecule has 2 aromatic carbocycles. The van der Waals surface area contributed by atoms with Crippen molar-refractivity contribution in [2.75, 3.05) is 0 Å². The average molecular weight is 268 g/mol. The molecule has 0 amide bonds. The van der Waals surface area contributed by atoms with Crippen LogP contribution in [-0.2, 0) is 10.4 Å². The van der Waals surface area contributed by atoms with E-state index in [1.54, 1.807) is 30.3 Å². The van der Waals surface area contributed by atoms with E-state index in [9.17, 15) is 12.8 Å². The minimum absolute atomic E-state index is 0.0178. The molecule has 0 atom stereocenters. The SMILES string of the molecule is O=S(=O)(O)Oc1cccc(F)c1-c1ccccc1. The van der Waals surface area contributed by atoms with Crippen molar-refractivity contribution in [3.05, 3.63) is 54.3 Å². The predicted octanol–water partition coefficient (Wildman–Crippen LogP) is 2.67. The van der Waals surface area contributed by atoms with Gasteiger partial charge in [0.2, 0.25) is 0 Å². The summed E-state index contributed by atoms with van der Waals surface area (Å²) >= 11 is 0. The Labute approximate surface area is 104 Å². The lowest BCUT2D eigenvalue weighted by molar-refractivity contribution is 0.386. The van der Waals surface area contributed by atoms with Gasteiger partial charge in [0.15, 0.2) is 5.75 Å². The quantitative estimate of drug-likeness (QED) is 0.869. The first-order valence-electron chi connectivity index (χ1n) is 4.98. The standard InChI is InChI=1S/C12H9FO4S/c13-10-7-4-8-11(17-18(14,15)16)12(10)9-5-2-1-3-6-9/h1-8H,(H,14,15,16). The van der Waals surface area contributed by atoms with Crippen LogP contribution in [0.3, 0.4) is 0 Å². The van der Waals surface area contributed by atoms with Gasteiger partial charge < -0.3 is 4.18 Å². The molecule has 0 unspecified atom stereocenters. The van der Waals surface area contributed by atoms with Crippen LogP contribution in [0.4, 0.5) is 4.39 Å². The highest BCUT2D eigenvalue weighted by Crippen LogP contribution is 2.33. The molecule has 6 heteroatoms. The van der Waals surface area contributed by atoms with Crippen LogP contribution in [0.2, 0.25) is 0 Å². The Kier molecular flexibility index (Phi) is 3.31. The minimum Gasteiger partial charge on any atom is -0.361 e. The van der Waals surface area contributed by atoms with E-state index in [-0.39, 0.29) is 11.3 Å². The zero-order valence-electron chi connectivity index (χ0n) is 9.08. The van der Waals surface area contributed by atoms with Crippen molar-refractivity contribution in [1.82, 2.24) is 0 Å². The summed E-state index contributed by atoms with van der Waals surface area (Å²) in [7, 11) is -4.69. The second-order valence-electron chi connectivity index (χ2n) is 3.49. The van der Waals surface area contributed by atoms with Gasteiger partial charge in [-0.1, -0.05) is 36.4 Å². The summed E-state index contributed by atoms with van der Waals surface area (Å²) in [5.41, 5.74) is 0.435. The van der Waals surface area contributed by atoms with E-state index in [0.717, 1.165) is 0 Å². The fourth-order valence-corrected chi connectivity index (χ4v) is 1.94. The van der Waals surface area contributed by atoms with Gasteiger partial charge in [0, 0.05) is 0 Å². The molecule has 0 bridgehead atoms. The van der Waals surface area contributed by atoms with Crippen LogP contribution in [0.5, 0.6) is 5.75 Å². The maximum Gasteiger partial charge on any atom is 0.446 e. The van der Waals surface area contributed by atoms with Gasteiger partial charge in [-0.05, 0) is 17.7 Å². The normalized spacial score (nSPS) is 11.2. The van der Waals surface area contributed by atoms with Gasteiger partial charge in [-0.15, -0.1) is 0 Å². The Morgan fingerprint density at radius 1 is 1.00 bits per heavy atom. The molecule has 0 aliphatic rings. The Bertz CT molecular complexity index is 653. The third-order valence-corrected chi connectivity index (χ3v) is 2.62. The van der Waals surface area contributed by atoms with E-state index >= 15 is 0 Å². The monoisotopic (exact) mass is 268 g/mol. The average Bonchev–Trinajstić information content (AvgIpc) is 2.28. The summed E-state index contributed by atoms with van der Waals surface area (Å²) in [4.78, 5) is 0. The summed E-state index contributed by atoms with van der Waals surface area (Å²) in [6, 6.07) is 12.1. The summed E-state index contributed by atoms with van der Waals surface area (Å²) in [6.07, 6.45) is 0. The summed E-state index contributed by atoms with van der Waals surface area (Å²) in [5, 5.41) is 0. The van der Waals surface area contributed by atoms with E-state index in [0.29, 0.717) is 5.56 Å². The number of halogens is 1. The first-order valence-corrected chi connectivity index (χ1v) is 6.35. The summed E-state index contributed by atoms with van der Waals surface area (Å²) < 4.78 is 48.2. The first-order chi connectivity index (χ1) is 8.47.